The number of hydrogen-bond acceptors (Lipinski definition) is 4. The first-order valence-corrected chi connectivity index (χ1v) is 6.66. The number of aromatic hydroxyl groups is 1. The van der Waals surface area contributed by atoms with Crippen molar-refractivity contribution in [2.45, 2.75) is 0 Å². The van der Waals surface area contributed by atoms with Crippen LogP contribution in [0.5, 0.6) is 5.75 Å². The number of hydrogen-bond donors (Lipinski definition) is 1. The fourth-order valence-electron chi connectivity index (χ4n) is 2.44. The standard InChI is InChI=1S/C16H8ClNO3/c17-10-5-11-14(7-13(10)20)21-15-6-12(19)8-3-1-2-4-9(8)16(15)18-11/h1-7,19H. The van der Waals surface area contributed by atoms with Crippen LogP contribution >= 0.6 is 11.6 Å². The van der Waals surface area contributed by atoms with Gasteiger partial charge in [0.1, 0.15) is 17.0 Å². The second-order valence-electron chi connectivity index (χ2n) is 4.75. The Hall–Kier alpha value is -2.59. The van der Waals surface area contributed by atoms with Crippen molar-refractivity contribution < 1.29 is 9.52 Å². The first kappa shape index (κ1) is 12.2. The lowest BCUT2D eigenvalue weighted by molar-refractivity contribution is 0.480. The van der Waals surface area contributed by atoms with Gasteiger partial charge < -0.3 is 9.52 Å². The van der Waals surface area contributed by atoms with Gasteiger partial charge in [0.15, 0.2) is 11.3 Å². The Balaban J connectivity index is 2.25. The highest BCUT2D eigenvalue weighted by Gasteiger charge is 2.15. The van der Waals surface area contributed by atoms with Gasteiger partial charge in [0.2, 0.25) is 5.43 Å². The molecule has 1 aliphatic carbocycles. The molecule has 2 aliphatic rings. The zero-order chi connectivity index (χ0) is 14.6. The van der Waals surface area contributed by atoms with Crippen LogP contribution in [-0.2, 0) is 0 Å². The molecule has 0 atom stereocenters. The molecule has 102 valence electrons. The van der Waals surface area contributed by atoms with Crippen molar-refractivity contribution in [3.63, 3.8) is 0 Å². The smallest absolute Gasteiger partial charge is 0.201 e. The molecule has 2 aromatic carbocycles. The van der Waals surface area contributed by atoms with Crippen LogP contribution in [-0.4, -0.2) is 10.1 Å². The summed E-state index contributed by atoms with van der Waals surface area (Å²) in [7, 11) is 0. The number of phenolic OH excluding ortho intramolecular Hbond substituents is 1. The molecule has 4 nitrogen and oxygen atoms in total. The molecule has 5 heteroatoms. The van der Waals surface area contributed by atoms with Gasteiger partial charge in [-0.3, -0.25) is 4.79 Å². The molecule has 0 fully saturated rings. The SMILES string of the molecule is O=c1cc2oc3cc(O)c4ccccc4c3nc-2cc1Cl. The van der Waals surface area contributed by atoms with Crippen molar-refractivity contribution >= 4 is 33.5 Å². The molecule has 4 rings (SSSR count). The van der Waals surface area contributed by atoms with Crippen molar-refractivity contribution in [3.8, 4) is 17.2 Å². The average Bonchev–Trinajstić information content (AvgIpc) is 2.48. The van der Waals surface area contributed by atoms with Gasteiger partial charge in [0.25, 0.3) is 0 Å². The van der Waals surface area contributed by atoms with E-state index in [1.807, 2.05) is 24.3 Å². The van der Waals surface area contributed by atoms with Gasteiger partial charge in [-0.15, -0.1) is 0 Å². The Bertz CT molecular complexity index is 1040. The third-order valence-corrected chi connectivity index (χ3v) is 3.72. The minimum Gasteiger partial charge on any atom is -0.507 e. The van der Waals surface area contributed by atoms with Crippen LogP contribution in [0.25, 0.3) is 33.3 Å². The topological polar surface area (TPSA) is 63.3 Å². The van der Waals surface area contributed by atoms with Gasteiger partial charge >= 0.3 is 0 Å². The summed E-state index contributed by atoms with van der Waals surface area (Å²) in [5.41, 5.74) is 1.22. The summed E-state index contributed by atoms with van der Waals surface area (Å²) in [5, 5.41) is 11.6. The summed E-state index contributed by atoms with van der Waals surface area (Å²) >= 11 is 5.85. The Morgan fingerprint density at radius 2 is 1.86 bits per heavy atom. The van der Waals surface area contributed by atoms with Gasteiger partial charge in [-0.25, -0.2) is 4.98 Å². The minimum atomic E-state index is -0.320. The first-order chi connectivity index (χ1) is 10.1. The van der Waals surface area contributed by atoms with Crippen LogP contribution in [0, 0.1) is 0 Å². The number of benzene rings is 3. The normalized spacial score (nSPS) is 11.5. The van der Waals surface area contributed by atoms with Gasteiger partial charge in [0, 0.05) is 22.9 Å². The molecule has 1 N–H and O–H groups in total. The Morgan fingerprint density at radius 3 is 2.67 bits per heavy atom. The highest BCUT2D eigenvalue weighted by molar-refractivity contribution is 6.30. The van der Waals surface area contributed by atoms with Crippen LogP contribution in [0.2, 0.25) is 5.02 Å². The third-order valence-electron chi connectivity index (χ3n) is 3.42. The fourth-order valence-corrected chi connectivity index (χ4v) is 2.60. The molecule has 0 bridgehead atoms. The quantitative estimate of drug-likeness (QED) is 0.396. The van der Waals surface area contributed by atoms with E-state index < -0.39 is 0 Å². The molecule has 21 heavy (non-hydrogen) atoms. The Kier molecular flexibility index (Phi) is 2.43. The Morgan fingerprint density at radius 1 is 1.10 bits per heavy atom. The second-order valence-corrected chi connectivity index (χ2v) is 5.16. The van der Waals surface area contributed by atoms with Gasteiger partial charge in [-0.05, 0) is 6.07 Å². The zero-order valence-electron chi connectivity index (χ0n) is 10.6. The molecule has 1 aliphatic heterocycles. The van der Waals surface area contributed by atoms with Crippen molar-refractivity contribution in [1.29, 1.82) is 0 Å². The van der Waals surface area contributed by atoms with E-state index in [0.717, 1.165) is 5.39 Å². The molecule has 0 radical (unpaired) electrons. The van der Waals surface area contributed by atoms with E-state index >= 15 is 0 Å². The lowest BCUT2D eigenvalue weighted by Gasteiger charge is -2.09. The number of rotatable bonds is 0. The van der Waals surface area contributed by atoms with Gasteiger partial charge in [-0.1, -0.05) is 35.9 Å². The van der Waals surface area contributed by atoms with E-state index in [-0.39, 0.29) is 16.2 Å². The van der Waals surface area contributed by atoms with E-state index in [0.29, 0.717) is 27.9 Å². The lowest BCUT2D eigenvalue weighted by atomic mass is 10.1. The van der Waals surface area contributed by atoms with Crippen molar-refractivity contribution in [1.82, 2.24) is 4.98 Å². The van der Waals surface area contributed by atoms with Crippen molar-refractivity contribution in [2.75, 3.05) is 0 Å². The summed E-state index contributed by atoms with van der Waals surface area (Å²) in [6.45, 7) is 0. The second kappa shape index (κ2) is 4.20. The molecule has 0 aromatic heterocycles. The monoisotopic (exact) mass is 297 g/mol. The molecule has 0 saturated carbocycles. The average molecular weight is 298 g/mol. The lowest BCUT2D eigenvalue weighted by Crippen LogP contribution is -2.02. The largest absolute Gasteiger partial charge is 0.507 e. The van der Waals surface area contributed by atoms with E-state index in [1.54, 1.807) is 0 Å². The van der Waals surface area contributed by atoms with E-state index in [1.165, 1.54) is 18.2 Å². The number of phenols is 1. The van der Waals surface area contributed by atoms with E-state index in [9.17, 15) is 9.90 Å². The van der Waals surface area contributed by atoms with E-state index in [4.69, 9.17) is 16.0 Å². The Labute approximate surface area is 123 Å². The molecule has 0 saturated heterocycles. The number of aromatic nitrogens is 1. The predicted molar refractivity (Wildman–Crippen MR) is 81.1 cm³/mol. The molecule has 2 aromatic rings. The van der Waals surface area contributed by atoms with Crippen molar-refractivity contribution in [3.05, 3.63) is 57.7 Å². The molecule has 1 heterocycles. The van der Waals surface area contributed by atoms with Crippen LogP contribution in [0.4, 0.5) is 0 Å². The zero-order valence-corrected chi connectivity index (χ0v) is 11.4. The van der Waals surface area contributed by atoms with Gasteiger partial charge in [-0.2, -0.15) is 0 Å². The molecular weight excluding hydrogens is 290 g/mol. The number of nitrogens with zero attached hydrogens (tertiary/aromatic N) is 1. The summed E-state index contributed by atoms with van der Waals surface area (Å²) in [4.78, 5) is 16.1. The number of halogens is 1. The maximum atomic E-state index is 11.6. The highest BCUT2D eigenvalue weighted by Crippen LogP contribution is 2.34. The third kappa shape index (κ3) is 1.76. The maximum absolute atomic E-state index is 11.6. The summed E-state index contributed by atoms with van der Waals surface area (Å²) in [6.07, 6.45) is 0. The predicted octanol–water partition coefficient (Wildman–Crippen LogP) is 3.81. The first-order valence-electron chi connectivity index (χ1n) is 6.28. The fraction of sp³-hybridized carbons (Fsp3) is 0. The van der Waals surface area contributed by atoms with Crippen molar-refractivity contribution in [2.24, 2.45) is 0 Å². The summed E-state index contributed by atoms with van der Waals surface area (Å²) in [6, 6.07) is 11.7. The van der Waals surface area contributed by atoms with Gasteiger partial charge in [0.05, 0.1) is 5.02 Å². The molecule has 0 unspecified atom stereocenters. The highest BCUT2D eigenvalue weighted by atomic mass is 35.5. The van der Waals surface area contributed by atoms with Crippen LogP contribution in [0.1, 0.15) is 0 Å². The number of fused-ring (bicyclic) bond motifs is 4. The minimum absolute atomic E-state index is 0.104. The maximum Gasteiger partial charge on any atom is 0.201 e. The molecule has 0 spiro atoms. The van der Waals surface area contributed by atoms with Crippen LogP contribution in [0.3, 0.4) is 0 Å². The summed E-state index contributed by atoms with van der Waals surface area (Å²) in [5.74, 6) is 0.450. The van der Waals surface area contributed by atoms with Crippen LogP contribution in [0.15, 0.2) is 51.7 Å². The van der Waals surface area contributed by atoms with E-state index in [2.05, 4.69) is 4.98 Å². The molecular formula is C16H8ClNO3. The molecule has 0 amide bonds. The summed E-state index contributed by atoms with van der Waals surface area (Å²) < 4.78 is 5.69. The van der Waals surface area contributed by atoms with Crippen LogP contribution < -0.4 is 5.43 Å².